The van der Waals surface area contributed by atoms with Crippen molar-refractivity contribution in [2.24, 2.45) is 5.73 Å². The molecule has 0 radical (unpaired) electrons. The average Bonchev–Trinajstić information content (AvgIpc) is 2.09. The van der Waals surface area contributed by atoms with Crippen LogP contribution in [0.1, 0.15) is 18.9 Å². The predicted octanol–water partition coefficient (Wildman–Crippen LogP) is 0.717. The van der Waals surface area contributed by atoms with Crippen LogP contribution in [0.25, 0.3) is 0 Å². The molecule has 0 aliphatic rings. The fraction of sp³-hybridized carbons (Fsp3) is 0.444. The van der Waals surface area contributed by atoms with E-state index in [0.717, 1.165) is 13.0 Å². The SMILES string of the molecule is CCCn1cccc(CN)c1=O. The van der Waals surface area contributed by atoms with Gasteiger partial charge in [0.1, 0.15) is 0 Å². The maximum absolute atomic E-state index is 11.5. The zero-order valence-electron chi connectivity index (χ0n) is 7.29. The maximum Gasteiger partial charge on any atom is 0.255 e. The van der Waals surface area contributed by atoms with E-state index in [-0.39, 0.29) is 5.56 Å². The molecule has 1 heterocycles. The van der Waals surface area contributed by atoms with Crippen LogP contribution in [0.15, 0.2) is 23.1 Å². The first-order valence-electron chi connectivity index (χ1n) is 4.18. The molecule has 0 atom stereocenters. The van der Waals surface area contributed by atoms with Crippen LogP contribution in [0.5, 0.6) is 0 Å². The smallest absolute Gasteiger partial charge is 0.255 e. The summed E-state index contributed by atoms with van der Waals surface area (Å²) >= 11 is 0. The van der Waals surface area contributed by atoms with Crippen LogP contribution in [0.2, 0.25) is 0 Å². The molecular weight excluding hydrogens is 152 g/mol. The van der Waals surface area contributed by atoms with Crippen molar-refractivity contribution in [3.05, 3.63) is 34.2 Å². The minimum absolute atomic E-state index is 0.0434. The lowest BCUT2D eigenvalue weighted by molar-refractivity contribution is 0.647. The molecule has 0 bridgehead atoms. The van der Waals surface area contributed by atoms with Gasteiger partial charge in [-0.3, -0.25) is 4.79 Å². The first-order chi connectivity index (χ1) is 5.79. The number of hydrogen-bond donors (Lipinski definition) is 1. The molecule has 0 fully saturated rings. The van der Waals surface area contributed by atoms with Crippen molar-refractivity contribution in [2.75, 3.05) is 0 Å². The molecule has 1 rings (SSSR count). The summed E-state index contributed by atoms with van der Waals surface area (Å²) in [6, 6.07) is 3.63. The molecule has 0 saturated heterocycles. The van der Waals surface area contributed by atoms with E-state index in [2.05, 4.69) is 0 Å². The van der Waals surface area contributed by atoms with Crippen LogP contribution in [0.4, 0.5) is 0 Å². The minimum atomic E-state index is 0.0434. The predicted molar refractivity (Wildman–Crippen MR) is 48.9 cm³/mol. The summed E-state index contributed by atoms with van der Waals surface area (Å²) < 4.78 is 1.70. The van der Waals surface area contributed by atoms with Crippen molar-refractivity contribution < 1.29 is 0 Å². The molecule has 3 heteroatoms. The van der Waals surface area contributed by atoms with Crippen molar-refractivity contribution in [1.82, 2.24) is 4.57 Å². The van der Waals surface area contributed by atoms with Crippen molar-refractivity contribution in [3.63, 3.8) is 0 Å². The van der Waals surface area contributed by atoms with E-state index in [1.165, 1.54) is 0 Å². The quantitative estimate of drug-likeness (QED) is 0.719. The Hall–Kier alpha value is -1.09. The van der Waals surface area contributed by atoms with Gasteiger partial charge >= 0.3 is 0 Å². The van der Waals surface area contributed by atoms with Crippen molar-refractivity contribution in [1.29, 1.82) is 0 Å². The minimum Gasteiger partial charge on any atom is -0.326 e. The van der Waals surface area contributed by atoms with Crippen LogP contribution in [0.3, 0.4) is 0 Å². The summed E-state index contributed by atoms with van der Waals surface area (Å²) in [5, 5.41) is 0. The van der Waals surface area contributed by atoms with Gasteiger partial charge in [0.15, 0.2) is 0 Å². The van der Waals surface area contributed by atoms with Gasteiger partial charge in [0, 0.05) is 24.8 Å². The zero-order valence-corrected chi connectivity index (χ0v) is 7.29. The van der Waals surface area contributed by atoms with Crippen LogP contribution >= 0.6 is 0 Å². The Bertz CT molecular complexity index is 304. The van der Waals surface area contributed by atoms with Gasteiger partial charge in [0.05, 0.1) is 0 Å². The number of pyridine rings is 1. The molecule has 1 aromatic heterocycles. The summed E-state index contributed by atoms with van der Waals surface area (Å²) in [7, 11) is 0. The zero-order chi connectivity index (χ0) is 8.97. The van der Waals surface area contributed by atoms with Gasteiger partial charge in [-0.15, -0.1) is 0 Å². The lowest BCUT2D eigenvalue weighted by atomic mass is 10.3. The number of rotatable bonds is 3. The van der Waals surface area contributed by atoms with Crippen LogP contribution in [0, 0.1) is 0 Å². The standard InChI is InChI=1S/C9H14N2O/c1-2-5-11-6-3-4-8(7-10)9(11)12/h3-4,6H,2,5,7,10H2,1H3. The Balaban J connectivity index is 3.06. The fourth-order valence-corrected chi connectivity index (χ4v) is 1.16. The Morgan fingerprint density at radius 3 is 2.92 bits per heavy atom. The molecular formula is C9H14N2O. The van der Waals surface area contributed by atoms with Gasteiger partial charge in [0.25, 0.3) is 5.56 Å². The second-order valence-corrected chi connectivity index (χ2v) is 2.74. The second kappa shape index (κ2) is 4.07. The van der Waals surface area contributed by atoms with Crippen LogP contribution < -0.4 is 11.3 Å². The highest BCUT2D eigenvalue weighted by Gasteiger charge is 1.98. The van der Waals surface area contributed by atoms with Crippen molar-refractivity contribution in [2.45, 2.75) is 26.4 Å². The fourth-order valence-electron chi connectivity index (χ4n) is 1.16. The number of aryl methyl sites for hydroxylation is 1. The molecule has 0 unspecified atom stereocenters. The molecule has 0 aromatic carbocycles. The number of nitrogens with zero attached hydrogens (tertiary/aromatic N) is 1. The molecule has 0 aliphatic carbocycles. The molecule has 0 amide bonds. The summed E-state index contributed by atoms with van der Waals surface area (Å²) in [5.41, 5.74) is 6.13. The van der Waals surface area contributed by atoms with Crippen LogP contribution in [-0.4, -0.2) is 4.57 Å². The van der Waals surface area contributed by atoms with Crippen molar-refractivity contribution in [3.8, 4) is 0 Å². The largest absolute Gasteiger partial charge is 0.326 e. The molecule has 12 heavy (non-hydrogen) atoms. The Morgan fingerprint density at radius 2 is 2.33 bits per heavy atom. The van der Waals surface area contributed by atoms with E-state index < -0.39 is 0 Å². The Labute approximate surface area is 71.8 Å². The van der Waals surface area contributed by atoms with Gasteiger partial charge in [0.2, 0.25) is 0 Å². The second-order valence-electron chi connectivity index (χ2n) is 2.74. The Morgan fingerprint density at radius 1 is 1.58 bits per heavy atom. The molecule has 0 saturated carbocycles. The van der Waals surface area contributed by atoms with Crippen LogP contribution in [-0.2, 0) is 13.1 Å². The third-order valence-electron chi connectivity index (χ3n) is 1.78. The van der Waals surface area contributed by atoms with E-state index in [0.29, 0.717) is 12.1 Å². The first-order valence-corrected chi connectivity index (χ1v) is 4.18. The highest BCUT2D eigenvalue weighted by atomic mass is 16.1. The van der Waals surface area contributed by atoms with E-state index in [4.69, 9.17) is 5.73 Å². The Kier molecular flexibility index (Phi) is 3.05. The highest BCUT2D eigenvalue weighted by molar-refractivity contribution is 5.09. The van der Waals surface area contributed by atoms with E-state index in [1.54, 1.807) is 16.8 Å². The highest BCUT2D eigenvalue weighted by Crippen LogP contribution is 1.91. The summed E-state index contributed by atoms with van der Waals surface area (Å²) in [6.07, 6.45) is 2.76. The lowest BCUT2D eigenvalue weighted by Crippen LogP contribution is -2.24. The van der Waals surface area contributed by atoms with Gasteiger partial charge < -0.3 is 10.3 Å². The topological polar surface area (TPSA) is 48.0 Å². The number of nitrogens with two attached hydrogens (primary N) is 1. The van der Waals surface area contributed by atoms with Gasteiger partial charge in [-0.05, 0) is 12.5 Å². The summed E-state index contributed by atoms with van der Waals surface area (Å²) in [5.74, 6) is 0. The maximum atomic E-state index is 11.5. The molecule has 0 aliphatic heterocycles. The van der Waals surface area contributed by atoms with E-state index in [1.807, 2.05) is 13.0 Å². The average molecular weight is 166 g/mol. The molecule has 0 spiro atoms. The van der Waals surface area contributed by atoms with Gasteiger partial charge in [-0.1, -0.05) is 13.0 Å². The third kappa shape index (κ3) is 1.74. The molecule has 66 valence electrons. The number of hydrogen-bond acceptors (Lipinski definition) is 2. The lowest BCUT2D eigenvalue weighted by Gasteiger charge is -2.04. The summed E-state index contributed by atoms with van der Waals surface area (Å²) in [4.78, 5) is 11.5. The van der Waals surface area contributed by atoms with Gasteiger partial charge in [-0.25, -0.2) is 0 Å². The normalized spacial score (nSPS) is 10.2. The molecule has 3 nitrogen and oxygen atoms in total. The first kappa shape index (κ1) is 9.00. The third-order valence-corrected chi connectivity index (χ3v) is 1.78. The number of aromatic nitrogens is 1. The van der Waals surface area contributed by atoms with E-state index in [9.17, 15) is 4.79 Å². The molecule has 1 aromatic rings. The van der Waals surface area contributed by atoms with Crippen molar-refractivity contribution >= 4 is 0 Å². The monoisotopic (exact) mass is 166 g/mol. The van der Waals surface area contributed by atoms with E-state index >= 15 is 0 Å². The summed E-state index contributed by atoms with van der Waals surface area (Å²) in [6.45, 7) is 3.14. The molecule has 2 N–H and O–H groups in total. The van der Waals surface area contributed by atoms with Gasteiger partial charge in [-0.2, -0.15) is 0 Å².